The molecule has 0 aliphatic carbocycles. The number of likely N-dealkylation sites (tertiary alicyclic amines) is 1. The zero-order valence-corrected chi connectivity index (χ0v) is 22.8. The summed E-state index contributed by atoms with van der Waals surface area (Å²) in [6.45, 7) is 2.46. The van der Waals surface area contributed by atoms with Gasteiger partial charge in [-0.25, -0.2) is 4.39 Å². The summed E-state index contributed by atoms with van der Waals surface area (Å²) in [5.74, 6) is 0.0738. The van der Waals surface area contributed by atoms with Crippen molar-refractivity contribution in [3.8, 4) is 11.5 Å². The van der Waals surface area contributed by atoms with Gasteiger partial charge in [-0.2, -0.15) is 4.98 Å². The van der Waals surface area contributed by atoms with E-state index in [-0.39, 0.29) is 36.0 Å². The number of nitrogens with zero attached hydrogens (tertiary/aromatic N) is 4. The molecular formula is C29H25Cl2FN4O3. The van der Waals surface area contributed by atoms with Crippen LogP contribution in [0.2, 0.25) is 10.0 Å². The van der Waals surface area contributed by atoms with E-state index in [1.807, 2.05) is 6.07 Å². The Morgan fingerprint density at radius 2 is 1.74 bits per heavy atom. The third-order valence-electron chi connectivity index (χ3n) is 7.01. The molecule has 2 heterocycles. The molecule has 0 N–H and O–H groups in total. The molecule has 3 aromatic carbocycles. The van der Waals surface area contributed by atoms with E-state index in [0.29, 0.717) is 51.5 Å². The minimum Gasteiger partial charge on any atom is -0.340 e. The van der Waals surface area contributed by atoms with Crippen LogP contribution in [0, 0.1) is 12.7 Å². The zero-order valence-electron chi connectivity index (χ0n) is 21.3. The van der Waals surface area contributed by atoms with E-state index in [1.54, 1.807) is 72.3 Å². The minimum absolute atomic E-state index is 0.117. The summed E-state index contributed by atoms with van der Waals surface area (Å²) in [5.41, 5.74) is 2.81. The summed E-state index contributed by atoms with van der Waals surface area (Å²) in [7, 11) is 1.73. The third-order valence-corrected chi connectivity index (χ3v) is 7.75. The van der Waals surface area contributed by atoms with E-state index in [9.17, 15) is 14.0 Å². The topological polar surface area (TPSA) is 79.5 Å². The van der Waals surface area contributed by atoms with Crippen LogP contribution in [0.15, 0.2) is 71.3 Å². The number of hydrogen-bond acceptors (Lipinski definition) is 5. The quantitative estimate of drug-likeness (QED) is 0.294. The van der Waals surface area contributed by atoms with Crippen LogP contribution in [0.5, 0.6) is 0 Å². The van der Waals surface area contributed by atoms with E-state index in [1.165, 1.54) is 12.1 Å². The Bertz CT molecular complexity index is 1510. The van der Waals surface area contributed by atoms with E-state index in [2.05, 4.69) is 10.1 Å². The maximum atomic E-state index is 13.5. The van der Waals surface area contributed by atoms with Gasteiger partial charge in [0.15, 0.2) is 5.82 Å². The molecule has 39 heavy (non-hydrogen) atoms. The van der Waals surface area contributed by atoms with Gasteiger partial charge in [-0.05, 0) is 66.6 Å². The van der Waals surface area contributed by atoms with Gasteiger partial charge in [0.2, 0.25) is 5.91 Å². The van der Waals surface area contributed by atoms with Crippen molar-refractivity contribution in [3.05, 3.63) is 105 Å². The molecule has 1 aromatic heterocycles. The van der Waals surface area contributed by atoms with E-state index < -0.39 is 0 Å². The van der Waals surface area contributed by atoms with E-state index >= 15 is 0 Å². The molecule has 1 aliphatic rings. The van der Waals surface area contributed by atoms with Crippen LogP contribution in [0.1, 0.15) is 33.2 Å². The predicted molar refractivity (Wildman–Crippen MR) is 146 cm³/mol. The molecule has 0 saturated carbocycles. The van der Waals surface area contributed by atoms with Crippen LogP contribution in [-0.4, -0.2) is 57.9 Å². The maximum Gasteiger partial charge on any atom is 0.257 e. The number of aryl methyl sites for hydroxylation is 1. The lowest BCUT2D eigenvalue weighted by molar-refractivity contribution is -0.131. The average molecular weight is 567 g/mol. The highest BCUT2D eigenvalue weighted by atomic mass is 35.5. The van der Waals surface area contributed by atoms with Crippen molar-refractivity contribution >= 4 is 35.0 Å². The first kappa shape index (κ1) is 26.8. The smallest absolute Gasteiger partial charge is 0.257 e. The molecule has 1 fully saturated rings. The summed E-state index contributed by atoms with van der Waals surface area (Å²) >= 11 is 12.5. The number of carbonyl (C=O) groups excluding carboxylic acids is 2. The van der Waals surface area contributed by atoms with Crippen LogP contribution >= 0.6 is 23.2 Å². The number of halogens is 3. The molecule has 2 atom stereocenters. The van der Waals surface area contributed by atoms with Gasteiger partial charge >= 0.3 is 0 Å². The first-order valence-corrected chi connectivity index (χ1v) is 13.1. The third kappa shape index (κ3) is 5.82. The van der Waals surface area contributed by atoms with Crippen LogP contribution in [0.4, 0.5) is 4.39 Å². The van der Waals surface area contributed by atoms with Crippen molar-refractivity contribution in [2.45, 2.75) is 25.3 Å². The number of rotatable bonds is 6. The number of hydrogen-bond donors (Lipinski definition) is 0. The molecule has 0 spiro atoms. The Morgan fingerprint density at radius 1 is 1.03 bits per heavy atom. The number of benzene rings is 3. The van der Waals surface area contributed by atoms with Crippen molar-refractivity contribution in [2.75, 3.05) is 20.1 Å². The van der Waals surface area contributed by atoms with Crippen molar-refractivity contribution < 1.29 is 18.5 Å². The lowest BCUT2D eigenvalue weighted by Crippen LogP contribution is -2.42. The highest BCUT2D eigenvalue weighted by molar-refractivity contribution is 6.42. The molecular weight excluding hydrogens is 542 g/mol. The van der Waals surface area contributed by atoms with E-state index in [0.717, 1.165) is 5.56 Å². The van der Waals surface area contributed by atoms with Gasteiger partial charge in [-0.1, -0.05) is 46.6 Å². The molecule has 5 rings (SSSR count). The van der Waals surface area contributed by atoms with Gasteiger partial charge in [0, 0.05) is 37.2 Å². The molecule has 4 aromatic rings. The molecule has 200 valence electrons. The zero-order chi connectivity index (χ0) is 27.7. The fourth-order valence-corrected chi connectivity index (χ4v) is 5.16. The highest BCUT2D eigenvalue weighted by Crippen LogP contribution is 2.35. The second-order valence-electron chi connectivity index (χ2n) is 9.59. The fourth-order valence-electron chi connectivity index (χ4n) is 4.85. The fraction of sp³-hybridized carbons (Fsp3) is 0.241. The van der Waals surface area contributed by atoms with Crippen molar-refractivity contribution in [2.24, 2.45) is 0 Å². The summed E-state index contributed by atoms with van der Waals surface area (Å²) < 4.78 is 18.5. The molecule has 2 amide bonds. The van der Waals surface area contributed by atoms with Gasteiger partial charge < -0.3 is 14.3 Å². The predicted octanol–water partition coefficient (Wildman–Crippen LogP) is 5.80. The summed E-state index contributed by atoms with van der Waals surface area (Å²) in [6, 6.07) is 17.9. The summed E-state index contributed by atoms with van der Waals surface area (Å²) in [4.78, 5) is 34.4. The molecule has 10 heteroatoms. The van der Waals surface area contributed by atoms with Crippen LogP contribution in [0.3, 0.4) is 0 Å². The Hall–Kier alpha value is -3.75. The highest BCUT2D eigenvalue weighted by Gasteiger charge is 2.40. The first-order valence-electron chi connectivity index (χ1n) is 12.3. The van der Waals surface area contributed by atoms with Crippen LogP contribution in [0.25, 0.3) is 11.5 Å². The average Bonchev–Trinajstić information content (AvgIpc) is 3.58. The van der Waals surface area contributed by atoms with Gasteiger partial charge in [-0.3, -0.25) is 9.59 Å². The van der Waals surface area contributed by atoms with Gasteiger partial charge in [-0.15, -0.1) is 0 Å². The molecule has 0 radical (unpaired) electrons. The standard InChI is InChI=1S/C29H25Cl2FN4O3/c1-17-33-28(39-34-17)19-5-7-20(8-6-19)29(38)36-15-23(21-9-12-24(30)25(31)14-21)26(16-36)35(2)27(37)13-18-3-10-22(32)11-4-18/h3-12,14,23,26H,13,15-16H2,1-2H3. The Kier molecular flexibility index (Phi) is 7.68. The normalized spacial score (nSPS) is 16.9. The van der Waals surface area contributed by atoms with Crippen LogP contribution in [-0.2, 0) is 11.2 Å². The number of amides is 2. The SMILES string of the molecule is Cc1noc(-c2ccc(C(=O)N3CC(c4ccc(Cl)c(Cl)c4)C(N(C)C(=O)Cc4ccc(F)cc4)C3)cc2)n1. The second kappa shape index (κ2) is 11.2. The lowest BCUT2D eigenvalue weighted by atomic mass is 9.93. The second-order valence-corrected chi connectivity index (χ2v) is 10.4. The van der Waals surface area contributed by atoms with Crippen LogP contribution < -0.4 is 0 Å². The molecule has 1 saturated heterocycles. The lowest BCUT2D eigenvalue weighted by Gasteiger charge is -2.29. The van der Waals surface area contributed by atoms with Crippen molar-refractivity contribution in [1.82, 2.24) is 19.9 Å². The minimum atomic E-state index is -0.357. The molecule has 0 bridgehead atoms. The Morgan fingerprint density at radius 3 is 2.38 bits per heavy atom. The van der Waals surface area contributed by atoms with Crippen molar-refractivity contribution in [3.63, 3.8) is 0 Å². The first-order chi connectivity index (χ1) is 18.7. The number of aromatic nitrogens is 2. The molecule has 7 nitrogen and oxygen atoms in total. The Labute approximate surface area is 235 Å². The molecule has 2 unspecified atom stereocenters. The summed E-state index contributed by atoms with van der Waals surface area (Å²) in [5, 5.41) is 4.64. The Balaban J connectivity index is 1.38. The summed E-state index contributed by atoms with van der Waals surface area (Å²) in [6.07, 6.45) is 0.117. The number of carbonyl (C=O) groups is 2. The van der Waals surface area contributed by atoms with Gasteiger partial charge in [0.1, 0.15) is 5.82 Å². The maximum absolute atomic E-state index is 13.5. The van der Waals surface area contributed by atoms with Gasteiger partial charge in [0.25, 0.3) is 11.8 Å². The molecule has 1 aliphatic heterocycles. The van der Waals surface area contributed by atoms with Gasteiger partial charge in [0.05, 0.1) is 22.5 Å². The van der Waals surface area contributed by atoms with Crippen molar-refractivity contribution in [1.29, 1.82) is 0 Å². The largest absolute Gasteiger partial charge is 0.340 e. The van der Waals surface area contributed by atoms with E-state index in [4.69, 9.17) is 27.7 Å². The monoisotopic (exact) mass is 566 g/mol. The number of likely N-dealkylation sites (N-methyl/N-ethyl adjacent to an activating group) is 1.